The van der Waals surface area contributed by atoms with Gasteiger partial charge in [-0.3, -0.25) is 14.5 Å². The molecule has 2 heterocycles. The molecule has 0 aromatic heterocycles. The van der Waals surface area contributed by atoms with Gasteiger partial charge in [-0.2, -0.15) is 5.10 Å². The monoisotopic (exact) mass is 360 g/mol. The van der Waals surface area contributed by atoms with Crippen LogP contribution in [0.5, 0.6) is 0 Å². The second-order valence-electron chi connectivity index (χ2n) is 6.07. The van der Waals surface area contributed by atoms with E-state index in [2.05, 4.69) is 32.6 Å². The van der Waals surface area contributed by atoms with Crippen molar-refractivity contribution in [2.45, 2.75) is 31.1 Å². The molecular formula is C17H20N4O3S. The van der Waals surface area contributed by atoms with Crippen LogP contribution in [0.15, 0.2) is 34.5 Å². The highest BCUT2D eigenvalue weighted by Crippen LogP contribution is 2.22. The number of amidine groups is 1. The number of carboxylic acids is 1. The van der Waals surface area contributed by atoms with Gasteiger partial charge in [0.15, 0.2) is 5.17 Å². The summed E-state index contributed by atoms with van der Waals surface area (Å²) >= 11 is 1.09. The van der Waals surface area contributed by atoms with Crippen molar-refractivity contribution in [3.8, 4) is 0 Å². The molecule has 132 valence electrons. The maximum absolute atomic E-state index is 11.6. The fourth-order valence-corrected chi connectivity index (χ4v) is 3.72. The van der Waals surface area contributed by atoms with E-state index < -0.39 is 11.2 Å². The number of thioether (sulfide) groups is 1. The van der Waals surface area contributed by atoms with Crippen molar-refractivity contribution >= 4 is 35.0 Å². The van der Waals surface area contributed by atoms with Crippen molar-refractivity contribution in [3.63, 3.8) is 0 Å². The predicted molar refractivity (Wildman–Crippen MR) is 97.8 cm³/mol. The summed E-state index contributed by atoms with van der Waals surface area (Å²) in [5.74, 6) is -1.35. The van der Waals surface area contributed by atoms with E-state index in [1.165, 1.54) is 31.5 Å². The molecule has 3 rings (SSSR count). The van der Waals surface area contributed by atoms with Crippen LogP contribution >= 0.6 is 11.8 Å². The fourth-order valence-electron chi connectivity index (χ4n) is 2.80. The summed E-state index contributed by atoms with van der Waals surface area (Å²) in [6.07, 6.45) is 3.96. The van der Waals surface area contributed by atoms with Gasteiger partial charge < -0.3 is 10.4 Å². The second kappa shape index (κ2) is 8.26. The largest absolute Gasteiger partial charge is 0.481 e. The number of hydrogen-bond donors (Lipinski definition) is 2. The Kier molecular flexibility index (Phi) is 5.83. The van der Waals surface area contributed by atoms with Gasteiger partial charge in [-0.05, 0) is 37.1 Å². The molecule has 1 aromatic rings. The van der Waals surface area contributed by atoms with Crippen LogP contribution in [0.4, 0.5) is 0 Å². The Morgan fingerprint density at radius 1 is 1.32 bits per heavy atom. The summed E-state index contributed by atoms with van der Waals surface area (Å²) in [6.45, 7) is 3.33. The van der Waals surface area contributed by atoms with E-state index in [1.807, 2.05) is 12.1 Å². The van der Waals surface area contributed by atoms with Gasteiger partial charge in [0.25, 0.3) is 0 Å². The van der Waals surface area contributed by atoms with E-state index in [0.717, 1.165) is 23.9 Å². The van der Waals surface area contributed by atoms with Crippen LogP contribution in [-0.4, -0.2) is 51.6 Å². The summed E-state index contributed by atoms with van der Waals surface area (Å²) in [6, 6.07) is 8.15. The molecule has 0 aliphatic carbocycles. The number of carbonyl (C=O) groups is 2. The van der Waals surface area contributed by atoms with Gasteiger partial charge in [-0.15, -0.1) is 5.10 Å². The Balaban J connectivity index is 1.53. The lowest BCUT2D eigenvalue weighted by atomic mass is 10.1. The predicted octanol–water partition coefficient (Wildman–Crippen LogP) is 1.68. The van der Waals surface area contributed by atoms with Gasteiger partial charge in [-0.25, -0.2) is 0 Å². The molecule has 2 fully saturated rings. The molecule has 1 unspecified atom stereocenters. The molecular weight excluding hydrogens is 340 g/mol. The first-order valence-corrected chi connectivity index (χ1v) is 9.10. The van der Waals surface area contributed by atoms with Gasteiger partial charge in [-0.1, -0.05) is 36.0 Å². The lowest BCUT2D eigenvalue weighted by Gasteiger charge is -2.14. The van der Waals surface area contributed by atoms with Crippen LogP contribution in [0.3, 0.4) is 0 Å². The van der Waals surface area contributed by atoms with Crippen molar-refractivity contribution in [3.05, 3.63) is 35.4 Å². The average molecular weight is 360 g/mol. The highest BCUT2D eigenvalue weighted by atomic mass is 32.2. The van der Waals surface area contributed by atoms with Crippen molar-refractivity contribution in [2.24, 2.45) is 10.2 Å². The Labute approximate surface area is 150 Å². The number of aliphatic carboxylic acids is 1. The number of carbonyl (C=O) groups excluding carboxylic acids is 1. The molecule has 0 radical (unpaired) electrons. The lowest BCUT2D eigenvalue weighted by molar-refractivity contribution is -0.138. The van der Waals surface area contributed by atoms with E-state index in [-0.39, 0.29) is 12.3 Å². The molecule has 0 bridgehead atoms. The van der Waals surface area contributed by atoms with E-state index in [0.29, 0.717) is 5.17 Å². The summed E-state index contributed by atoms with van der Waals surface area (Å²) in [5, 5.41) is 18.9. The quantitative estimate of drug-likeness (QED) is 0.595. The molecule has 0 spiro atoms. The summed E-state index contributed by atoms with van der Waals surface area (Å²) in [4.78, 5) is 24.7. The first kappa shape index (κ1) is 17.6. The van der Waals surface area contributed by atoms with E-state index in [1.54, 1.807) is 6.21 Å². The van der Waals surface area contributed by atoms with Gasteiger partial charge in [0.1, 0.15) is 5.25 Å². The number of nitrogens with one attached hydrogen (secondary N) is 1. The SMILES string of the molecule is O=C(O)CC1SC(=NN=Cc2ccc(CN3CCCC3)cc2)NC1=O. The summed E-state index contributed by atoms with van der Waals surface area (Å²) < 4.78 is 0. The van der Waals surface area contributed by atoms with Crippen LogP contribution in [0, 0.1) is 0 Å². The number of likely N-dealkylation sites (tertiary alicyclic amines) is 1. The number of nitrogens with zero attached hydrogens (tertiary/aromatic N) is 3. The molecule has 7 nitrogen and oxygen atoms in total. The van der Waals surface area contributed by atoms with Crippen LogP contribution in [-0.2, 0) is 16.1 Å². The second-order valence-corrected chi connectivity index (χ2v) is 7.26. The maximum Gasteiger partial charge on any atom is 0.305 e. The first-order valence-electron chi connectivity index (χ1n) is 8.22. The minimum atomic E-state index is -1.01. The fraction of sp³-hybridized carbons (Fsp3) is 0.412. The van der Waals surface area contributed by atoms with E-state index >= 15 is 0 Å². The third-order valence-electron chi connectivity index (χ3n) is 4.08. The van der Waals surface area contributed by atoms with E-state index in [4.69, 9.17) is 5.11 Å². The first-order chi connectivity index (χ1) is 12.1. The Bertz CT molecular complexity index is 696. The van der Waals surface area contributed by atoms with Gasteiger partial charge in [0.05, 0.1) is 12.6 Å². The smallest absolute Gasteiger partial charge is 0.305 e. The highest BCUT2D eigenvalue weighted by Gasteiger charge is 2.32. The average Bonchev–Trinajstić information content (AvgIpc) is 3.19. The molecule has 1 atom stereocenters. The zero-order chi connectivity index (χ0) is 17.6. The van der Waals surface area contributed by atoms with Crippen LogP contribution in [0.2, 0.25) is 0 Å². The Morgan fingerprint density at radius 2 is 2.04 bits per heavy atom. The number of amides is 1. The third-order valence-corrected chi connectivity index (χ3v) is 5.15. The molecule has 1 aromatic carbocycles. The van der Waals surface area contributed by atoms with Crippen molar-refractivity contribution in [1.82, 2.24) is 10.2 Å². The van der Waals surface area contributed by atoms with E-state index in [9.17, 15) is 9.59 Å². The van der Waals surface area contributed by atoms with Gasteiger partial charge in [0.2, 0.25) is 5.91 Å². The molecule has 25 heavy (non-hydrogen) atoms. The topological polar surface area (TPSA) is 94.4 Å². The third kappa shape index (κ3) is 5.14. The minimum Gasteiger partial charge on any atom is -0.481 e. The molecule has 1 amide bonds. The van der Waals surface area contributed by atoms with Crippen LogP contribution < -0.4 is 5.32 Å². The molecule has 2 aliphatic heterocycles. The Hall–Kier alpha value is -2.19. The molecule has 8 heteroatoms. The summed E-state index contributed by atoms with van der Waals surface area (Å²) in [7, 11) is 0. The van der Waals surface area contributed by atoms with Crippen LogP contribution in [0.1, 0.15) is 30.4 Å². The zero-order valence-corrected chi connectivity index (χ0v) is 14.5. The number of carboxylic acid groups (broad SMARTS) is 1. The lowest BCUT2D eigenvalue weighted by Crippen LogP contribution is -2.26. The molecule has 2 saturated heterocycles. The van der Waals surface area contributed by atoms with Gasteiger partial charge in [0, 0.05) is 6.54 Å². The molecule has 2 aliphatic rings. The van der Waals surface area contributed by atoms with Crippen LogP contribution in [0.25, 0.3) is 0 Å². The standard InChI is InChI=1S/C17H20N4O3S/c22-15(23)9-14-16(24)19-17(25-14)20-18-10-12-3-5-13(6-4-12)11-21-7-1-2-8-21/h3-6,10,14H,1-2,7-9,11H2,(H,22,23)(H,19,20,24). The highest BCUT2D eigenvalue weighted by molar-refractivity contribution is 8.15. The zero-order valence-electron chi connectivity index (χ0n) is 13.7. The Morgan fingerprint density at radius 3 is 2.72 bits per heavy atom. The number of rotatable bonds is 6. The minimum absolute atomic E-state index is 0.224. The summed E-state index contributed by atoms with van der Waals surface area (Å²) in [5.41, 5.74) is 2.20. The number of hydrogen-bond acceptors (Lipinski definition) is 6. The molecule has 0 saturated carbocycles. The van der Waals surface area contributed by atoms with Crippen molar-refractivity contribution < 1.29 is 14.7 Å². The maximum atomic E-state index is 11.6. The van der Waals surface area contributed by atoms with Crippen molar-refractivity contribution in [2.75, 3.05) is 13.1 Å². The number of benzene rings is 1. The van der Waals surface area contributed by atoms with Gasteiger partial charge >= 0.3 is 5.97 Å². The van der Waals surface area contributed by atoms with Crippen molar-refractivity contribution in [1.29, 1.82) is 0 Å². The normalized spacial score (nSPS) is 22.8. The molecule has 2 N–H and O–H groups in total.